The zero-order valence-corrected chi connectivity index (χ0v) is 12.8. The van der Waals surface area contributed by atoms with Crippen LogP contribution >= 0.6 is 15.9 Å². The van der Waals surface area contributed by atoms with Crippen molar-refractivity contribution in [2.75, 3.05) is 0 Å². The summed E-state index contributed by atoms with van der Waals surface area (Å²) in [4.78, 5) is 12.4. The average Bonchev–Trinajstić information content (AvgIpc) is 2.51. The minimum Gasteiger partial charge on any atom is -0.507 e. The molecule has 5 heteroatoms. The summed E-state index contributed by atoms with van der Waals surface area (Å²) in [5.41, 5.74) is 1.27. The van der Waals surface area contributed by atoms with Gasteiger partial charge in [0.2, 0.25) is 0 Å². The van der Waals surface area contributed by atoms with Gasteiger partial charge in [-0.3, -0.25) is 4.79 Å². The SMILES string of the molecule is Cc1c(O)c(Br)c2c(c1O)C(=O)C[C@H](c1ccccc1)O2. The number of hydrogen-bond donors (Lipinski definition) is 2. The molecule has 0 saturated carbocycles. The fraction of sp³-hybridized carbons (Fsp3) is 0.188. The van der Waals surface area contributed by atoms with Crippen LogP contribution in [0.1, 0.15) is 34.0 Å². The smallest absolute Gasteiger partial charge is 0.174 e. The number of rotatable bonds is 1. The van der Waals surface area contributed by atoms with Crippen molar-refractivity contribution < 1.29 is 19.7 Å². The molecule has 0 unspecified atom stereocenters. The molecule has 0 aromatic heterocycles. The summed E-state index contributed by atoms with van der Waals surface area (Å²) in [5.74, 6) is -0.345. The van der Waals surface area contributed by atoms with Crippen molar-refractivity contribution in [3.8, 4) is 17.2 Å². The van der Waals surface area contributed by atoms with Crippen LogP contribution in [-0.2, 0) is 0 Å². The summed E-state index contributed by atoms with van der Waals surface area (Å²) in [6, 6.07) is 9.39. The Morgan fingerprint density at radius 3 is 2.52 bits per heavy atom. The Labute approximate surface area is 130 Å². The zero-order chi connectivity index (χ0) is 15.1. The van der Waals surface area contributed by atoms with E-state index in [-0.39, 0.29) is 40.6 Å². The van der Waals surface area contributed by atoms with E-state index >= 15 is 0 Å². The third-order valence-electron chi connectivity index (χ3n) is 3.66. The van der Waals surface area contributed by atoms with Crippen LogP contribution in [0, 0.1) is 6.92 Å². The maximum absolute atomic E-state index is 12.4. The van der Waals surface area contributed by atoms with Gasteiger partial charge in [-0.1, -0.05) is 30.3 Å². The second kappa shape index (κ2) is 5.07. The number of Topliss-reactive ketones (excluding diaryl/α,β-unsaturated/α-hetero) is 1. The van der Waals surface area contributed by atoms with Crippen molar-refractivity contribution in [2.24, 2.45) is 0 Å². The van der Waals surface area contributed by atoms with E-state index in [1.165, 1.54) is 0 Å². The maximum Gasteiger partial charge on any atom is 0.174 e. The van der Waals surface area contributed by atoms with Gasteiger partial charge in [-0.2, -0.15) is 0 Å². The van der Waals surface area contributed by atoms with E-state index in [2.05, 4.69) is 15.9 Å². The van der Waals surface area contributed by atoms with Crippen LogP contribution in [0.2, 0.25) is 0 Å². The third-order valence-corrected chi connectivity index (χ3v) is 4.40. The van der Waals surface area contributed by atoms with Gasteiger partial charge in [-0.05, 0) is 28.4 Å². The highest BCUT2D eigenvalue weighted by Gasteiger charge is 2.34. The van der Waals surface area contributed by atoms with Crippen LogP contribution in [0.3, 0.4) is 0 Å². The van der Waals surface area contributed by atoms with Crippen LogP contribution in [0.25, 0.3) is 0 Å². The molecule has 2 aromatic carbocycles. The van der Waals surface area contributed by atoms with Gasteiger partial charge < -0.3 is 14.9 Å². The third kappa shape index (κ3) is 2.17. The molecule has 1 atom stereocenters. The first kappa shape index (κ1) is 13.9. The van der Waals surface area contributed by atoms with Gasteiger partial charge >= 0.3 is 0 Å². The van der Waals surface area contributed by atoms with Gasteiger partial charge in [0.1, 0.15) is 27.6 Å². The number of ketones is 1. The first-order valence-corrected chi connectivity index (χ1v) is 7.28. The second-order valence-electron chi connectivity index (χ2n) is 4.98. The molecular weight excluding hydrogens is 336 g/mol. The molecule has 4 nitrogen and oxygen atoms in total. The number of phenolic OH excluding ortho intramolecular Hbond substituents is 2. The molecule has 2 N–H and O–H groups in total. The van der Waals surface area contributed by atoms with Crippen LogP contribution in [0.4, 0.5) is 0 Å². The zero-order valence-electron chi connectivity index (χ0n) is 11.3. The number of carbonyl (C=O) groups is 1. The lowest BCUT2D eigenvalue weighted by Crippen LogP contribution is -2.21. The highest BCUT2D eigenvalue weighted by atomic mass is 79.9. The van der Waals surface area contributed by atoms with Crippen LogP contribution in [-0.4, -0.2) is 16.0 Å². The first-order valence-electron chi connectivity index (χ1n) is 6.49. The van der Waals surface area contributed by atoms with Gasteiger partial charge in [0.05, 0.1) is 6.42 Å². The number of benzene rings is 2. The molecule has 1 heterocycles. The summed E-state index contributed by atoms with van der Waals surface area (Å²) in [6.07, 6.45) is -0.273. The van der Waals surface area contributed by atoms with E-state index < -0.39 is 6.10 Å². The maximum atomic E-state index is 12.4. The fourth-order valence-corrected chi connectivity index (χ4v) is 3.06. The standard InChI is InChI=1S/C16H13BrO4/c1-8-14(19)12-10(18)7-11(9-5-3-2-4-6-9)21-16(12)13(17)15(8)20/h2-6,11,19-20H,7H2,1H3/t11-/m1/s1. The number of aromatic hydroxyl groups is 2. The van der Waals surface area contributed by atoms with Gasteiger partial charge in [-0.25, -0.2) is 0 Å². The van der Waals surface area contributed by atoms with Crippen molar-refractivity contribution in [3.05, 3.63) is 51.5 Å². The molecular formula is C16H13BrO4. The number of phenols is 2. The van der Waals surface area contributed by atoms with Crippen LogP contribution in [0.15, 0.2) is 34.8 Å². The minimum atomic E-state index is -0.427. The van der Waals surface area contributed by atoms with Crippen molar-refractivity contribution in [2.45, 2.75) is 19.4 Å². The van der Waals surface area contributed by atoms with E-state index in [0.29, 0.717) is 4.47 Å². The molecule has 2 aromatic rings. The Morgan fingerprint density at radius 2 is 1.86 bits per heavy atom. The lowest BCUT2D eigenvalue weighted by Gasteiger charge is -2.28. The largest absolute Gasteiger partial charge is 0.507 e. The van der Waals surface area contributed by atoms with Gasteiger partial charge in [0.25, 0.3) is 0 Å². The molecule has 0 bridgehead atoms. The highest BCUT2D eigenvalue weighted by molar-refractivity contribution is 9.10. The normalized spacial score (nSPS) is 17.2. The second-order valence-corrected chi connectivity index (χ2v) is 5.78. The van der Waals surface area contributed by atoms with Gasteiger partial charge in [0, 0.05) is 5.56 Å². The molecule has 108 valence electrons. The lowest BCUT2D eigenvalue weighted by molar-refractivity contribution is 0.0842. The number of ether oxygens (including phenoxy) is 1. The van der Waals surface area contributed by atoms with Crippen LogP contribution in [0.5, 0.6) is 17.2 Å². The Bertz CT molecular complexity index is 725. The van der Waals surface area contributed by atoms with E-state index in [0.717, 1.165) is 5.56 Å². The fourth-order valence-electron chi connectivity index (χ4n) is 2.47. The molecule has 21 heavy (non-hydrogen) atoms. The molecule has 0 saturated heterocycles. The van der Waals surface area contributed by atoms with Crippen molar-refractivity contribution >= 4 is 21.7 Å². The Morgan fingerprint density at radius 1 is 1.19 bits per heavy atom. The molecule has 3 rings (SSSR count). The topological polar surface area (TPSA) is 66.8 Å². The highest BCUT2D eigenvalue weighted by Crippen LogP contribution is 2.49. The van der Waals surface area contributed by atoms with E-state index in [1.54, 1.807) is 6.92 Å². The number of fused-ring (bicyclic) bond motifs is 1. The van der Waals surface area contributed by atoms with Crippen molar-refractivity contribution in [3.63, 3.8) is 0 Å². The predicted octanol–water partition coefficient (Wildman–Crippen LogP) is 3.88. The summed E-state index contributed by atoms with van der Waals surface area (Å²) in [6.45, 7) is 1.55. The molecule has 0 amide bonds. The summed E-state index contributed by atoms with van der Waals surface area (Å²) in [7, 11) is 0. The minimum absolute atomic E-state index is 0.118. The van der Waals surface area contributed by atoms with Crippen LogP contribution < -0.4 is 4.74 Å². The molecule has 1 aliphatic rings. The van der Waals surface area contributed by atoms with Crippen molar-refractivity contribution in [1.82, 2.24) is 0 Å². The predicted molar refractivity (Wildman–Crippen MR) is 81.0 cm³/mol. The Hall–Kier alpha value is -2.01. The quantitative estimate of drug-likeness (QED) is 0.820. The molecule has 0 radical (unpaired) electrons. The number of hydrogen-bond acceptors (Lipinski definition) is 4. The van der Waals surface area contributed by atoms with E-state index in [9.17, 15) is 15.0 Å². The lowest BCUT2D eigenvalue weighted by atomic mass is 9.94. The summed E-state index contributed by atoms with van der Waals surface area (Å²) < 4.78 is 6.14. The molecule has 0 spiro atoms. The summed E-state index contributed by atoms with van der Waals surface area (Å²) in [5, 5.41) is 20.1. The monoisotopic (exact) mass is 348 g/mol. The molecule has 1 aliphatic heterocycles. The first-order chi connectivity index (χ1) is 10.0. The van der Waals surface area contributed by atoms with E-state index in [1.807, 2.05) is 30.3 Å². The Kier molecular flexibility index (Phi) is 3.37. The van der Waals surface area contributed by atoms with Gasteiger partial charge in [0.15, 0.2) is 11.5 Å². The van der Waals surface area contributed by atoms with E-state index in [4.69, 9.17) is 4.74 Å². The van der Waals surface area contributed by atoms with Gasteiger partial charge in [-0.15, -0.1) is 0 Å². The summed E-state index contributed by atoms with van der Waals surface area (Å²) >= 11 is 3.24. The molecule has 0 aliphatic carbocycles. The van der Waals surface area contributed by atoms with Crippen molar-refractivity contribution in [1.29, 1.82) is 0 Å². The molecule has 0 fully saturated rings. The average molecular weight is 349 g/mol. The number of halogens is 1. The Balaban J connectivity index is 2.13. The number of carbonyl (C=O) groups excluding carboxylic acids is 1.